The predicted octanol–water partition coefficient (Wildman–Crippen LogP) is 1.05. The van der Waals surface area contributed by atoms with Gasteiger partial charge in [-0.3, -0.25) is 8.98 Å². The normalized spacial score (nSPS) is 14.5. The van der Waals surface area contributed by atoms with E-state index in [4.69, 9.17) is 4.18 Å². The molecule has 0 aliphatic heterocycles. The lowest BCUT2D eigenvalue weighted by molar-refractivity contribution is -0.925. The summed E-state index contributed by atoms with van der Waals surface area (Å²) in [5.74, 6) is 0.663. The molecule has 0 bridgehead atoms. The van der Waals surface area contributed by atoms with Gasteiger partial charge in [0.2, 0.25) is 5.91 Å². The van der Waals surface area contributed by atoms with E-state index in [1.54, 1.807) is 7.05 Å². The first-order valence-electron chi connectivity index (χ1n) is 8.65. The number of nitrogens with zero attached hydrogens (tertiary/aromatic N) is 1. The average Bonchev–Trinajstić information content (AvgIpc) is 2.59. The van der Waals surface area contributed by atoms with Crippen LogP contribution < -0.4 is 10.6 Å². The van der Waals surface area contributed by atoms with Gasteiger partial charge in [0, 0.05) is 13.5 Å². The van der Waals surface area contributed by atoms with Crippen molar-refractivity contribution >= 4 is 17.0 Å². The summed E-state index contributed by atoms with van der Waals surface area (Å²) in [5.41, 5.74) is 0. The Labute approximate surface area is 144 Å². The number of likely N-dealkylation sites (N-methyl/N-ethyl adjacent to an activating group) is 2. The van der Waals surface area contributed by atoms with Crippen LogP contribution in [-0.2, 0) is 20.1 Å². The van der Waals surface area contributed by atoms with Crippen LogP contribution in [0.5, 0.6) is 0 Å². The van der Waals surface area contributed by atoms with Gasteiger partial charge in [0.15, 0.2) is 11.1 Å². The number of carbonyl (C=O) groups excluding carboxylic acids is 1. The Kier molecular flexibility index (Phi) is 12.6. The molecule has 1 unspecified atom stereocenters. The molecule has 1 amide bonds. The monoisotopic (exact) mass is 350 g/mol. The number of unbranched alkanes of at least 4 members (excludes halogenated alkanes) is 1. The third-order valence-corrected chi connectivity index (χ3v) is 5.75. The topological polar surface area (TPSA) is 67.4 Å². The van der Waals surface area contributed by atoms with E-state index in [0.717, 1.165) is 56.3 Å². The maximum atomic E-state index is 11.7. The molecule has 0 aromatic heterocycles. The molecule has 0 spiro atoms. The van der Waals surface area contributed by atoms with Gasteiger partial charge < -0.3 is 15.1 Å². The number of carbonyl (C=O) groups is 1. The lowest BCUT2D eigenvalue weighted by Crippen LogP contribution is -2.49. The van der Waals surface area contributed by atoms with E-state index in [0.29, 0.717) is 5.75 Å². The summed E-state index contributed by atoms with van der Waals surface area (Å²) in [4.78, 5) is 11.7. The van der Waals surface area contributed by atoms with E-state index in [9.17, 15) is 9.00 Å². The summed E-state index contributed by atoms with van der Waals surface area (Å²) in [6.45, 7) is 8.75. The number of rotatable bonds is 14. The summed E-state index contributed by atoms with van der Waals surface area (Å²) in [6, 6.07) is -0.103. The van der Waals surface area contributed by atoms with Crippen molar-refractivity contribution in [1.29, 1.82) is 0 Å². The molecule has 0 aliphatic carbocycles. The van der Waals surface area contributed by atoms with Crippen LogP contribution in [0.1, 0.15) is 39.5 Å². The summed E-state index contributed by atoms with van der Waals surface area (Å²) in [6.07, 6.45) is 3.91. The third kappa shape index (κ3) is 8.79. The Morgan fingerprint density at radius 3 is 2.22 bits per heavy atom. The van der Waals surface area contributed by atoms with Crippen molar-refractivity contribution in [3.8, 4) is 0 Å². The van der Waals surface area contributed by atoms with Crippen LogP contribution in [0.2, 0.25) is 0 Å². The molecule has 0 aromatic carbocycles. The molecule has 7 heteroatoms. The van der Waals surface area contributed by atoms with Crippen molar-refractivity contribution in [1.82, 2.24) is 10.6 Å². The van der Waals surface area contributed by atoms with E-state index in [2.05, 4.69) is 24.5 Å². The van der Waals surface area contributed by atoms with E-state index in [1.165, 1.54) is 7.11 Å². The third-order valence-electron chi connectivity index (χ3n) is 4.76. The number of nitrogens with one attached hydrogen (secondary N) is 2. The number of hydrogen-bond acceptors (Lipinski definition) is 4. The molecule has 2 N–H and O–H groups in total. The van der Waals surface area contributed by atoms with Gasteiger partial charge in [0.05, 0.1) is 45.1 Å². The predicted molar refractivity (Wildman–Crippen MR) is 96.5 cm³/mol. The molecule has 0 fully saturated rings. The summed E-state index contributed by atoms with van der Waals surface area (Å²) in [7, 11) is 4.99. The van der Waals surface area contributed by atoms with Crippen LogP contribution in [-0.4, -0.2) is 73.8 Å². The highest BCUT2D eigenvalue weighted by atomic mass is 32.2. The Bertz CT molecular complexity index is 349. The van der Waals surface area contributed by atoms with E-state index < -0.39 is 11.1 Å². The smallest absolute Gasteiger partial charge is 0.236 e. The molecule has 0 aromatic rings. The van der Waals surface area contributed by atoms with Gasteiger partial charge in [-0.05, 0) is 40.2 Å². The van der Waals surface area contributed by atoms with E-state index >= 15 is 0 Å². The highest BCUT2D eigenvalue weighted by molar-refractivity contribution is 7.80. The Balaban J connectivity index is 4.26. The van der Waals surface area contributed by atoms with Gasteiger partial charge in [-0.15, -0.1) is 0 Å². The van der Waals surface area contributed by atoms with E-state index in [1.807, 2.05) is 7.05 Å². The maximum absolute atomic E-state index is 11.7. The lowest BCUT2D eigenvalue weighted by Gasteiger charge is -2.37. The fourth-order valence-electron chi connectivity index (χ4n) is 2.95. The molecule has 23 heavy (non-hydrogen) atoms. The van der Waals surface area contributed by atoms with Gasteiger partial charge in [-0.2, -0.15) is 0 Å². The SMILES string of the molecule is CC[N+](CC)(CCCC[C@@H](NC)C(=O)NC)CCCS(=O)OC. The van der Waals surface area contributed by atoms with Crippen LogP contribution >= 0.6 is 0 Å². The standard InChI is InChI=1S/C16H35N3O3S/c1-6-19(7-2,13-10-14-23(21)22-5)12-9-8-11-15(17-3)16(20)18-4/h15,17H,6-14H2,1-5H3/p+1/t15-,23?/m1/s1. The van der Waals surface area contributed by atoms with Gasteiger partial charge in [0.1, 0.15) is 0 Å². The Morgan fingerprint density at radius 2 is 1.74 bits per heavy atom. The molecule has 6 nitrogen and oxygen atoms in total. The zero-order valence-electron chi connectivity index (χ0n) is 15.5. The molecule has 0 aliphatic rings. The van der Waals surface area contributed by atoms with Crippen molar-refractivity contribution < 1.29 is 17.7 Å². The molecule has 0 saturated heterocycles. The molecule has 0 heterocycles. The first kappa shape index (κ1) is 22.5. The molecule has 138 valence electrons. The summed E-state index contributed by atoms with van der Waals surface area (Å²) < 4.78 is 17.2. The maximum Gasteiger partial charge on any atom is 0.236 e. The largest absolute Gasteiger partial charge is 0.358 e. The highest BCUT2D eigenvalue weighted by Gasteiger charge is 2.23. The van der Waals surface area contributed by atoms with Gasteiger partial charge in [-0.1, -0.05) is 0 Å². The fraction of sp³-hybridized carbons (Fsp3) is 0.938. The molecule has 2 atom stereocenters. The Hall–Kier alpha value is -0.500. The minimum Gasteiger partial charge on any atom is -0.358 e. The molecular weight excluding hydrogens is 314 g/mol. The summed E-state index contributed by atoms with van der Waals surface area (Å²) in [5, 5.41) is 5.76. The average molecular weight is 351 g/mol. The molecule has 0 rings (SSSR count). The minimum atomic E-state index is -1.15. The van der Waals surface area contributed by atoms with Crippen LogP contribution in [0.15, 0.2) is 0 Å². The highest BCUT2D eigenvalue weighted by Crippen LogP contribution is 2.13. The first-order chi connectivity index (χ1) is 11.0. The van der Waals surface area contributed by atoms with Crippen molar-refractivity contribution in [2.24, 2.45) is 0 Å². The first-order valence-corrected chi connectivity index (χ1v) is 9.89. The molecule has 0 radical (unpaired) electrons. The number of amides is 1. The van der Waals surface area contributed by atoms with Crippen molar-refractivity contribution in [3.63, 3.8) is 0 Å². The van der Waals surface area contributed by atoms with Crippen LogP contribution in [0.25, 0.3) is 0 Å². The Morgan fingerprint density at radius 1 is 1.13 bits per heavy atom. The van der Waals surface area contributed by atoms with E-state index in [-0.39, 0.29) is 11.9 Å². The second kappa shape index (κ2) is 12.9. The fourth-order valence-corrected chi connectivity index (χ4v) is 3.48. The zero-order chi connectivity index (χ0) is 17.7. The zero-order valence-corrected chi connectivity index (χ0v) is 16.3. The summed E-state index contributed by atoms with van der Waals surface area (Å²) >= 11 is -1.15. The van der Waals surface area contributed by atoms with Gasteiger partial charge in [0.25, 0.3) is 0 Å². The van der Waals surface area contributed by atoms with Crippen LogP contribution in [0.4, 0.5) is 0 Å². The second-order valence-corrected chi connectivity index (χ2v) is 7.25. The lowest BCUT2D eigenvalue weighted by atomic mass is 10.1. The molecule has 0 saturated carbocycles. The van der Waals surface area contributed by atoms with Crippen molar-refractivity contribution in [2.75, 3.05) is 53.1 Å². The van der Waals surface area contributed by atoms with Crippen molar-refractivity contribution in [3.05, 3.63) is 0 Å². The number of hydrogen-bond donors (Lipinski definition) is 2. The van der Waals surface area contributed by atoms with Gasteiger partial charge >= 0.3 is 0 Å². The second-order valence-electron chi connectivity index (χ2n) is 5.90. The van der Waals surface area contributed by atoms with Gasteiger partial charge in [-0.25, -0.2) is 4.21 Å². The van der Waals surface area contributed by atoms with Crippen molar-refractivity contribution in [2.45, 2.75) is 45.6 Å². The quantitative estimate of drug-likeness (QED) is 0.363. The number of quaternary nitrogens is 1. The minimum absolute atomic E-state index is 0.0567. The van der Waals surface area contributed by atoms with Crippen LogP contribution in [0.3, 0.4) is 0 Å². The van der Waals surface area contributed by atoms with Crippen LogP contribution in [0, 0.1) is 0 Å². The molecular formula is C16H36N3O3S+.